The van der Waals surface area contributed by atoms with Crippen LogP contribution >= 0.6 is 0 Å². The van der Waals surface area contributed by atoms with E-state index in [1.807, 2.05) is 24.3 Å². The topological polar surface area (TPSA) is 34.1 Å². The Morgan fingerprint density at radius 2 is 1.89 bits per heavy atom. The van der Waals surface area contributed by atoms with E-state index in [0.29, 0.717) is 11.9 Å². The van der Waals surface area contributed by atoms with E-state index in [9.17, 15) is 0 Å². The minimum absolute atomic E-state index is 0.305. The second-order valence-corrected chi connectivity index (χ2v) is 4.18. The van der Waals surface area contributed by atoms with Crippen molar-refractivity contribution in [2.24, 2.45) is 0 Å². The van der Waals surface area contributed by atoms with Crippen LogP contribution in [0.25, 0.3) is 0 Å². The van der Waals surface area contributed by atoms with Crippen molar-refractivity contribution in [2.75, 3.05) is 7.11 Å². The summed E-state index contributed by atoms with van der Waals surface area (Å²) in [6.45, 7) is 2.88. The van der Waals surface area contributed by atoms with Crippen LogP contribution in [0, 0.1) is 0 Å². The summed E-state index contributed by atoms with van der Waals surface area (Å²) in [7, 11) is 1.63. The summed E-state index contributed by atoms with van der Waals surface area (Å²) in [4.78, 5) is 4.37. The van der Waals surface area contributed by atoms with E-state index in [4.69, 9.17) is 4.74 Å². The molecule has 94 valence electrons. The number of hydrogen-bond donors (Lipinski definition) is 1. The maximum atomic E-state index is 5.11. The van der Waals surface area contributed by atoms with Crippen LogP contribution in [0.15, 0.2) is 48.5 Å². The second-order valence-electron chi connectivity index (χ2n) is 4.18. The average molecular weight is 242 g/mol. The summed E-state index contributed by atoms with van der Waals surface area (Å²) in [6.07, 6.45) is 0. The van der Waals surface area contributed by atoms with Gasteiger partial charge < -0.3 is 10.1 Å². The first-order valence-electron chi connectivity index (χ1n) is 6.08. The molecule has 0 spiro atoms. The van der Waals surface area contributed by atoms with Gasteiger partial charge >= 0.3 is 0 Å². The molecule has 1 atom stereocenters. The van der Waals surface area contributed by atoms with Crippen LogP contribution < -0.4 is 10.1 Å². The quantitative estimate of drug-likeness (QED) is 0.875. The number of aromatic nitrogens is 1. The van der Waals surface area contributed by atoms with Gasteiger partial charge in [0.05, 0.1) is 12.8 Å². The second kappa shape index (κ2) is 6.17. The molecular formula is C15H18N2O. The Kier molecular flexibility index (Phi) is 4.31. The average Bonchev–Trinajstić information content (AvgIpc) is 2.46. The number of nitrogens with zero attached hydrogens (tertiary/aromatic N) is 1. The molecule has 0 radical (unpaired) electrons. The number of pyridine rings is 1. The van der Waals surface area contributed by atoms with Gasteiger partial charge in [0.1, 0.15) is 0 Å². The highest BCUT2D eigenvalue weighted by Crippen LogP contribution is 2.12. The molecule has 2 rings (SSSR count). The van der Waals surface area contributed by atoms with E-state index in [1.165, 1.54) is 5.56 Å². The molecule has 1 aromatic carbocycles. The van der Waals surface area contributed by atoms with Gasteiger partial charge in [-0.1, -0.05) is 36.4 Å². The van der Waals surface area contributed by atoms with Crippen molar-refractivity contribution in [1.82, 2.24) is 10.3 Å². The largest absolute Gasteiger partial charge is 0.481 e. The molecule has 0 amide bonds. The Hall–Kier alpha value is -1.87. The molecule has 1 heterocycles. The van der Waals surface area contributed by atoms with Crippen molar-refractivity contribution in [3.63, 3.8) is 0 Å². The minimum atomic E-state index is 0.305. The lowest BCUT2D eigenvalue weighted by Crippen LogP contribution is -2.18. The molecular weight excluding hydrogens is 224 g/mol. The highest BCUT2D eigenvalue weighted by Gasteiger charge is 2.04. The fourth-order valence-corrected chi connectivity index (χ4v) is 1.79. The zero-order valence-electron chi connectivity index (χ0n) is 10.8. The van der Waals surface area contributed by atoms with Crippen molar-refractivity contribution >= 4 is 0 Å². The van der Waals surface area contributed by atoms with Crippen LogP contribution in [-0.2, 0) is 6.54 Å². The van der Waals surface area contributed by atoms with E-state index < -0.39 is 0 Å². The number of ether oxygens (including phenoxy) is 1. The van der Waals surface area contributed by atoms with Gasteiger partial charge in [-0.3, -0.25) is 0 Å². The molecule has 1 aromatic heterocycles. The summed E-state index contributed by atoms with van der Waals surface area (Å²) in [5.74, 6) is 0.654. The third-order valence-corrected chi connectivity index (χ3v) is 2.88. The molecule has 0 unspecified atom stereocenters. The SMILES string of the molecule is COc1cccc(CN[C@@H](C)c2ccccc2)n1. The number of benzene rings is 1. The smallest absolute Gasteiger partial charge is 0.213 e. The van der Waals surface area contributed by atoms with E-state index in [-0.39, 0.29) is 0 Å². The predicted molar refractivity (Wildman–Crippen MR) is 72.5 cm³/mol. The van der Waals surface area contributed by atoms with Gasteiger partial charge in [-0.05, 0) is 18.6 Å². The Bertz CT molecular complexity index is 485. The number of methoxy groups -OCH3 is 1. The zero-order chi connectivity index (χ0) is 12.8. The third kappa shape index (κ3) is 3.31. The highest BCUT2D eigenvalue weighted by atomic mass is 16.5. The van der Waals surface area contributed by atoms with E-state index >= 15 is 0 Å². The Morgan fingerprint density at radius 3 is 2.61 bits per heavy atom. The summed E-state index contributed by atoms with van der Waals surface area (Å²) in [5, 5.41) is 3.45. The summed E-state index contributed by atoms with van der Waals surface area (Å²) < 4.78 is 5.11. The normalized spacial score (nSPS) is 12.1. The van der Waals surface area contributed by atoms with E-state index in [1.54, 1.807) is 7.11 Å². The summed E-state index contributed by atoms with van der Waals surface area (Å²) in [6, 6.07) is 16.5. The first-order valence-corrected chi connectivity index (χ1v) is 6.08. The fourth-order valence-electron chi connectivity index (χ4n) is 1.79. The van der Waals surface area contributed by atoms with Crippen LogP contribution in [0.2, 0.25) is 0 Å². The lowest BCUT2D eigenvalue weighted by molar-refractivity contribution is 0.395. The first kappa shape index (κ1) is 12.6. The first-order chi connectivity index (χ1) is 8.79. The van der Waals surface area contributed by atoms with Gasteiger partial charge in [-0.25, -0.2) is 4.98 Å². The van der Waals surface area contributed by atoms with Crippen molar-refractivity contribution in [2.45, 2.75) is 19.5 Å². The molecule has 0 bridgehead atoms. The summed E-state index contributed by atoms with van der Waals surface area (Å²) in [5.41, 5.74) is 2.26. The molecule has 0 aliphatic heterocycles. The van der Waals surface area contributed by atoms with Gasteiger partial charge in [0, 0.05) is 18.7 Å². The molecule has 0 saturated carbocycles. The molecule has 3 nitrogen and oxygen atoms in total. The summed E-state index contributed by atoms with van der Waals surface area (Å²) >= 11 is 0. The van der Waals surface area contributed by atoms with Gasteiger partial charge in [0.15, 0.2) is 0 Å². The van der Waals surface area contributed by atoms with Crippen LogP contribution in [0.1, 0.15) is 24.2 Å². The fraction of sp³-hybridized carbons (Fsp3) is 0.267. The molecule has 1 N–H and O–H groups in total. The molecule has 0 aliphatic carbocycles. The lowest BCUT2D eigenvalue weighted by Gasteiger charge is -2.14. The Labute approximate surface area is 108 Å². The maximum absolute atomic E-state index is 5.11. The van der Waals surface area contributed by atoms with Crippen LogP contribution in [-0.4, -0.2) is 12.1 Å². The molecule has 0 aliphatic rings. The number of hydrogen-bond acceptors (Lipinski definition) is 3. The van der Waals surface area contributed by atoms with Gasteiger partial charge in [0.25, 0.3) is 0 Å². The van der Waals surface area contributed by atoms with Crippen LogP contribution in [0.3, 0.4) is 0 Å². The molecule has 18 heavy (non-hydrogen) atoms. The monoisotopic (exact) mass is 242 g/mol. The van der Waals surface area contributed by atoms with Crippen molar-refractivity contribution in [3.05, 3.63) is 59.8 Å². The number of rotatable bonds is 5. The van der Waals surface area contributed by atoms with Gasteiger partial charge in [-0.2, -0.15) is 0 Å². The molecule has 0 fully saturated rings. The van der Waals surface area contributed by atoms with E-state index in [0.717, 1.165) is 12.2 Å². The molecule has 3 heteroatoms. The molecule has 0 saturated heterocycles. The maximum Gasteiger partial charge on any atom is 0.213 e. The molecule has 2 aromatic rings. The third-order valence-electron chi connectivity index (χ3n) is 2.88. The van der Waals surface area contributed by atoms with E-state index in [2.05, 4.69) is 41.5 Å². The van der Waals surface area contributed by atoms with Crippen LogP contribution in [0.4, 0.5) is 0 Å². The standard InChI is InChI=1S/C15H18N2O/c1-12(13-7-4-3-5-8-13)16-11-14-9-6-10-15(17-14)18-2/h3-10,12,16H,11H2,1-2H3/t12-/m0/s1. The Morgan fingerprint density at radius 1 is 1.11 bits per heavy atom. The van der Waals surface area contributed by atoms with Crippen molar-refractivity contribution in [1.29, 1.82) is 0 Å². The van der Waals surface area contributed by atoms with Crippen molar-refractivity contribution in [3.8, 4) is 5.88 Å². The minimum Gasteiger partial charge on any atom is -0.481 e. The van der Waals surface area contributed by atoms with Crippen LogP contribution in [0.5, 0.6) is 5.88 Å². The predicted octanol–water partition coefficient (Wildman–Crippen LogP) is 2.94. The number of nitrogens with one attached hydrogen (secondary N) is 1. The van der Waals surface area contributed by atoms with Gasteiger partial charge in [-0.15, -0.1) is 0 Å². The van der Waals surface area contributed by atoms with Crippen molar-refractivity contribution < 1.29 is 4.74 Å². The Balaban J connectivity index is 1.95. The highest BCUT2D eigenvalue weighted by molar-refractivity contribution is 5.19. The lowest BCUT2D eigenvalue weighted by atomic mass is 10.1. The zero-order valence-corrected chi connectivity index (χ0v) is 10.8. The van der Waals surface area contributed by atoms with Gasteiger partial charge in [0.2, 0.25) is 5.88 Å².